The van der Waals surface area contributed by atoms with Crippen molar-refractivity contribution in [2.24, 2.45) is 0 Å². The van der Waals surface area contributed by atoms with Crippen LogP contribution in [0.1, 0.15) is 0 Å². The quantitative estimate of drug-likeness (QED) is 0.180. The largest absolute Gasteiger partial charge is 0.309 e. The topological polar surface area (TPSA) is 35.6 Å². The summed E-state index contributed by atoms with van der Waals surface area (Å²) in [5.41, 5.74) is 13.1. The molecule has 0 aliphatic carbocycles. The van der Waals surface area contributed by atoms with Crippen molar-refractivity contribution in [2.75, 3.05) is 0 Å². The van der Waals surface area contributed by atoms with E-state index in [0.717, 1.165) is 66.3 Å². The molecule has 11 rings (SSSR count). The van der Waals surface area contributed by atoms with E-state index < -0.39 is 0 Å². The number of para-hydroxylation sites is 3. The van der Waals surface area contributed by atoms with Crippen molar-refractivity contribution in [3.05, 3.63) is 194 Å². The van der Waals surface area contributed by atoms with Gasteiger partial charge in [0.05, 0.1) is 33.3 Å². The maximum absolute atomic E-state index is 5.45. The molecule has 0 spiro atoms. The van der Waals surface area contributed by atoms with E-state index in [1.807, 2.05) is 0 Å². The van der Waals surface area contributed by atoms with Gasteiger partial charge in [0, 0.05) is 38.2 Å². The molecule has 0 aliphatic rings. The monoisotopic (exact) mass is 688 g/mol. The third-order valence-corrected chi connectivity index (χ3v) is 10.7. The van der Waals surface area contributed by atoms with Gasteiger partial charge >= 0.3 is 0 Å². The minimum Gasteiger partial charge on any atom is -0.309 e. The highest BCUT2D eigenvalue weighted by molar-refractivity contribution is 6.12. The Morgan fingerprint density at radius 3 is 1.48 bits per heavy atom. The van der Waals surface area contributed by atoms with Crippen molar-refractivity contribution in [3.8, 4) is 45.1 Å². The Bertz CT molecular complexity index is 3160. The molecule has 54 heavy (non-hydrogen) atoms. The number of benzene rings is 8. The Kier molecular flexibility index (Phi) is 6.82. The third kappa shape index (κ3) is 4.78. The summed E-state index contributed by atoms with van der Waals surface area (Å²) in [6, 6.07) is 69.0. The lowest BCUT2D eigenvalue weighted by Crippen LogP contribution is -2.04. The molecule has 0 fully saturated rings. The summed E-state index contributed by atoms with van der Waals surface area (Å²) in [4.78, 5) is 10.8. The number of hydrogen-bond acceptors (Lipinski definition) is 2. The second kappa shape index (κ2) is 12.1. The van der Waals surface area contributed by atoms with Crippen LogP contribution in [0, 0.1) is 0 Å². The van der Waals surface area contributed by atoms with Gasteiger partial charge in [-0.05, 0) is 76.9 Å². The summed E-state index contributed by atoms with van der Waals surface area (Å²) in [5, 5.41) is 5.82. The van der Waals surface area contributed by atoms with E-state index in [9.17, 15) is 0 Å². The molecule has 11 aromatic rings. The SMILES string of the molecule is c1ccc(-c2cccc(-c3nc(-n4c5ccccc5c5cc(-n6c7ccccc7c7ccccc76)ccc54)nc4cc(-c5ccccc5)ccc34)c2)cc1. The molecule has 0 bridgehead atoms. The van der Waals surface area contributed by atoms with Gasteiger partial charge in [-0.1, -0.05) is 140 Å². The summed E-state index contributed by atoms with van der Waals surface area (Å²) in [6.45, 7) is 0. The van der Waals surface area contributed by atoms with Gasteiger partial charge in [0.15, 0.2) is 0 Å². The molecule has 0 amide bonds. The lowest BCUT2D eigenvalue weighted by Gasteiger charge is -2.14. The van der Waals surface area contributed by atoms with Crippen molar-refractivity contribution in [1.82, 2.24) is 19.1 Å². The van der Waals surface area contributed by atoms with E-state index >= 15 is 0 Å². The lowest BCUT2D eigenvalue weighted by atomic mass is 9.98. The van der Waals surface area contributed by atoms with Gasteiger partial charge in [0.1, 0.15) is 0 Å². The summed E-state index contributed by atoms with van der Waals surface area (Å²) in [5.74, 6) is 0.642. The zero-order valence-corrected chi connectivity index (χ0v) is 29.3. The highest BCUT2D eigenvalue weighted by atomic mass is 15.2. The highest BCUT2D eigenvalue weighted by Crippen LogP contribution is 2.38. The van der Waals surface area contributed by atoms with Crippen molar-refractivity contribution < 1.29 is 0 Å². The van der Waals surface area contributed by atoms with Gasteiger partial charge in [0.25, 0.3) is 0 Å². The van der Waals surface area contributed by atoms with Crippen LogP contribution in [0.25, 0.3) is 99.7 Å². The summed E-state index contributed by atoms with van der Waals surface area (Å²) in [7, 11) is 0. The highest BCUT2D eigenvalue weighted by Gasteiger charge is 2.20. The van der Waals surface area contributed by atoms with Crippen molar-refractivity contribution >= 4 is 54.5 Å². The molecule has 8 aromatic carbocycles. The zero-order valence-electron chi connectivity index (χ0n) is 29.3. The third-order valence-electron chi connectivity index (χ3n) is 10.7. The average Bonchev–Trinajstić information content (AvgIpc) is 3.76. The van der Waals surface area contributed by atoms with Crippen molar-refractivity contribution in [2.45, 2.75) is 0 Å². The fourth-order valence-corrected chi connectivity index (χ4v) is 8.24. The predicted molar refractivity (Wildman–Crippen MR) is 225 cm³/mol. The summed E-state index contributed by atoms with van der Waals surface area (Å²) in [6.07, 6.45) is 0. The minimum absolute atomic E-state index is 0.642. The fraction of sp³-hybridized carbons (Fsp3) is 0. The van der Waals surface area contributed by atoms with Crippen LogP contribution in [0.3, 0.4) is 0 Å². The molecule has 0 radical (unpaired) electrons. The van der Waals surface area contributed by atoms with E-state index in [1.54, 1.807) is 0 Å². The van der Waals surface area contributed by atoms with Crippen LogP contribution in [0.5, 0.6) is 0 Å². The molecule has 252 valence electrons. The lowest BCUT2D eigenvalue weighted by molar-refractivity contribution is 1.01. The molecule has 0 unspecified atom stereocenters. The van der Waals surface area contributed by atoms with Crippen LogP contribution >= 0.6 is 0 Å². The Morgan fingerprint density at radius 1 is 0.296 bits per heavy atom. The smallest absolute Gasteiger partial charge is 0.235 e. The molecule has 0 N–H and O–H groups in total. The molecule has 3 aromatic heterocycles. The number of hydrogen-bond donors (Lipinski definition) is 0. The van der Waals surface area contributed by atoms with E-state index in [4.69, 9.17) is 9.97 Å². The van der Waals surface area contributed by atoms with Gasteiger partial charge < -0.3 is 4.57 Å². The Hall–Kier alpha value is -7.30. The van der Waals surface area contributed by atoms with E-state index in [0.29, 0.717) is 5.95 Å². The fourth-order valence-electron chi connectivity index (χ4n) is 8.24. The van der Waals surface area contributed by atoms with Gasteiger partial charge in [-0.25, -0.2) is 9.97 Å². The van der Waals surface area contributed by atoms with Crippen molar-refractivity contribution in [1.29, 1.82) is 0 Å². The van der Waals surface area contributed by atoms with Gasteiger partial charge in [-0.3, -0.25) is 4.57 Å². The van der Waals surface area contributed by atoms with Crippen LogP contribution in [0.15, 0.2) is 194 Å². The number of rotatable bonds is 5. The first-order chi connectivity index (χ1) is 26.8. The van der Waals surface area contributed by atoms with Crippen LogP contribution in [-0.4, -0.2) is 19.1 Å². The molecule has 0 saturated carbocycles. The Morgan fingerprint density at radius 2 is 0.815 bits per heavy atom. The van der Waals surface area contributed by atoms with Crippen LogP contribution in [0.4, 0.5) is 0 Å². The van der Waals surface area contributed by atoms with Gasteiger partial charge in [0.2, 0.25) is 5.95 Å². The maximum atomic E-state index is 5.45. The van der Waals surface area contributed by atoms with Gasteiger partial charge in [-0.2, -0.15) is 0 Å². The second-order valence-corrected chi connectivity index (χ2v) is 13.8. The van der Waals surface area contributed by atoms with Crippen molar-refractivity contribution in [3.63, 3.8) is 0 Å². The molecule has 0 atom stereocenters. The van der Waals surface area contributed by atoms with Crippen LogP contribution < -0.4 is 0 Å². The molecule has 3 heterocycles. The summed E-state index contributed by atoms with van der Waals surface area (Å²) < 4.78 is 4.62. The second-order valence-electron chi connectivity index (χ2n) is 13.8. The Balaban J connectivity index is 1.17. The number of fused-ring (bicyclic) bond motifs is 7. The molecule has 0 aliphatic heterocycles. The first-order valence-corrected chi connectivity index (χ1v) is 18.3. The molecule has 4 nitrogen and oxygen atoms in total. The normalized spacial score (nSPS) is 11.7. The minimum atomic E-state index is 0.642. The van der Waals surface area contributed by atoms with E-state index in [2.05, 4.69) is 203 Å². The van der Waals surface area contributed by atoms with Gasteiger partial charge in [-0.15, -0.1) is 0 Å². The number of nitrogens with zero attached hydrogens (tertiary/aromatic N) is 4. The average molecular weight is 689 g/mol. The molecule has 0 saturated heterocycles. The standard InChI is InChI=1S/C50H32N4/c1-3-14-33(15-4-1)35-18-13-19-37(30-35)49-42-28-26-36(34-16-5-2-6-17-34)31-44(42)51-50(52-49)54-47-25-12-9-22-41(47)43-32-38(27-29-48(43)54)53-45-23-10-7-20-39(45)40-21-8-11-24-46(40)53/h1-32H. The van der Waals surface area contributed by atoms with E-state index in [1.165, 1.54) is 27.4 Å². The molecular formula is C50H32N4. The van der Waals surface area contributed by atoms with Crippen LogP contribution in [0.2, 0.25) is 0 Å². The Labute approximate surface area is 311 Å². The molecule has 4 heteroatoms. The van der Waals surface area contributed by atoms with E-state index in [-0.39, 0.29) is 0 Å². The first kappa shape index (κ1) is 30.3. The maximum Gasteiger partial charge on any atom is 0.235 e. The zero-order chi connectivity index (χ0) is 35.6. The first-order valence-electron chi connectivity index (χ1n) is 18.3. The predicted octanol–water partition coefficient (Wildman–Crippen LogP) is 12.8. The number of aromatic nitrogens is 4. The molecular weight excluding hydrogens is 657 g/mol. The van der Waals surface area contributed by atoms with Crippen LogP contribution in [-0.2, 0) is 0 Å². The summed E-state index contributed by atoms with van der Waals surface area (Å²) >= 11 is 0.